The number of rotatable bonds is 6. The van der Waals surface area contributed by atoms with Crippen LogP contribution in [0.1, 0.15) is 25.0 Å². The second kappa shape index (κ2) is 8.10. The van der Waals surface area contributed by atoms with Gasteiger partial charge in [0.15, 0.2) is 0 Å². The van der Waals surface area contributed by atoms with Gasteiger partial charge in [0, 0.05) is 17.8 Å². The van der Waals surface area contributed by atoms with Crippen molar-refractivity contribution in [2.45, 2.75) is 26.6 Å². The number of benzene rings is 1. The minimum Gasteiger partial charge on any atom is -0.491 e. The molecule has 1 aromatic heterocycles. The zero-order valence-electron chi connectivity index (χ0n) is 13.2. The molecule has 0 aliphatic rings. The molecule has 0 unspecified atom stereocenters. The van der Waals surface area contributed by atoms with E-state index in [0.717, 1.165) is 11.3 Å². The summed E-state index contributed by atoms with van der Waals surface area (Å²) in [4.78, 5) is 15.9. The number of aliphatic hydroxyl groups excluding tert-OH is 1. The first kappa shape index (κ1) is 16.7. The molecule has 0 fully saturated rings. The van der Waals surface area contributed by atoms with E-state index in [-0.39, 0.29) is 18.6 Å². The van der Waals surface area contributed by atoms with Gasteiger partial charge in [-0.3, -0.25) is 9.78 Å². The molecule has 23 heavy (non-hydrogen) atoms. The van der Waals surface area contributed by atoms with Crippen molar-refractivity contribution in [3.8, 4) is 5.75 Å². The number of nitrogens with one attached hydrogen (secondary N) is 1. The first-order valence-corrected chi connectivity index (χ1v) is 7.38. The van der Waals surface area contributed by atoms with Gasteiger partial charge >= 0.3 is 0 Å². The first-order chi connectivity index (χ1) is 11.1. The van der Waals surface area contributed by atoms with Crippen LogP contribution in [-0.2, 0) is 11.4 Å². The van der Waals surface area contributed by atoms with E-state index >= 15 is 0 Å². The summed E-state index contributed by atoms with van der Waals surface area (Å²) in [5, 5.41) is 11.9. The maximum Gasteiger partial charge on any atom is 0.248 e. The largest absolute Gasteiger partial charge is 0.491 e. The number of aliphatic hydroxyl groups is 1. The molecule has 0 radical (unpaired) electrons. The van der Waals surface area contributed by atoms with Crippen molar-refractivity contribution in [2.75, 3.05) is 5.32 Å². The standard InChI is InChI=1S/C18H20N2O3/c1-13(2)23-16-6-3-14(4-7-16)5-8-18(22)20-17-11-19-10-9-15(17)12-21/h3-11,13,21H,12H2,1-2H3,(H,20,22)/b8-5+. The Bertz CT molecular complexity index is 679. The van der Waals surface area contributed by atoms with Gasteiger partial charge in [0.05, 0.1) is 24.6 Å². The number of hydrogen-bond donors (Lipinski definition) is 2. The Morgan fingerprint density at radius 2 is 2.04 bits per heavy atom. The highest BCUT2D eigenvalue weighted by Gasteiger charge is 2.04. The molecule has 0 aliphatic carbocycles. The van der Waals surface area contributed by atoms with Gasteiger partial charge in [0.25, 0.3) is 0 Å². The molecule has 5 heteroatoms. The zero-order valence-corrected chi connectivity index (χ0v) is 13.2. The Morgan fingerprint density at radius 3 is 2.70 bits per heavy atom. The van der Waals surface area contributed by atoms with Crippen molar-refractivity contribution in [3.05, 3.63) is 59.9 Å². The molecule has 120 valence electrons. The molecular weight excluding hydrogens is 292 g/mol. The quantitative estimate of drug-likeness (QED) is 0.804. The van der Waals surface area contributed by atoms with E-state index < -0.39 is 0 Å². The normalized spacial score (nSPS) is 11.0. The lowest BCUT2D eigenvalue weighted by atomic mass is 10.2. The van der Waals surface area contributed by atoms with Crippen LogP contribution in [0.2, 0.25) is 0 Å². The summed E-state index contributed by atoms with van der Waals surface area (Å²) in [6.45, 7) is 3.79. The highest BCUT2D eigenvalue weighted by Crippen LogP contribution is 2.15. The minimum absolute atomic E-state index is 0.127. The van der Waals surface area contributed by atoms with Crippen LogP contribution in [-0.4, -0.2) is 22.1 Å². The fourth-order valence-corrected chi connectivity index (χ4v) is 1.95. The fraction of sp³-hybridized carbons (Fsp3) is 0.222. The van der Waals surface area contributed by atoms with Crippen LogP contribution >= 0.6 is 0 Å². The second-order valence-corrected chi connectivity index (χ2v) is 5.25. The molecule has 1 heterocycles. The van der Waals surface area contributed by atoms with Crippen LogP contribution in [0, 0.1) is 0 Å². The minimum atomic E-state index is -0.282. The maximum atomic E-state index is 11.9. The Labute approximate surface area is 135 Å². The van der Waals surface area contributed by atoms with Crippen molar-refractivity contribution >= 4 is 17.7 Å². The average Bonchev–Trinajstić information content (AvgIpc) is 2.54. The SMILES string of the molecule is CC(C)Oc1ccc(/C=C/C(=O)Nc2cnccc2CO)cc1. The van der Waals surface area contributed by atoms with Crippen molar-refractivity contribution in [3.63, 3.8) is 0 Å². The molecule has 5 nitrogen and oxygen atoms in total. The third-order valence-electron chi connectivity index (χ3n) is 3.02. The highest BCUT2D eigenvalue weighted by molar-refractivity contribution is 6.02. The third kappa shape index (κ3) is 5.23. The number of anilines is 1. The van der Waals surface area contributed by atoms with Gasteiger partial charge in [0.1, 0.15) is 5.75 Å². The Morgan fingerprint density at radius 1 is 1.30 bits per heavy atom. The van der Waals surface area contributed by atoms with Crippen LogP contribution in [0.15, 0.2) is 48.8 Å². The molecule has 0 aliphatic heterocycles. The van der Waals surface area contributed by atoms with Crippen molar-refractivity contribution in [2.24, 2.45) is 0 Å². The molecule has 0 saturated heterocycles. The summed E-state index contributed by atoms with van der Waals surface area (Å²) < 4.78 is 5.57. The van der Waals surface area contributed by atoms with Gasteiger partial charge in [-0.05, 0) is 43.7 Å². The highest BCUT2D eigenvalue weighted by atomic mass is 16.5. The van der Waals surface area contributed by atoms with Crippen molar-refractivity contribution in [1.29, 1.82) is 0 Å². The molecule has 0 saturated carbocycles. The monoisotopic (exact) mass is 312 g/mol. The zero-order chi connectivity index (χ0) is 16.7. The number of nitrogens with zero attached hydrogens (tertiary/aromatic N) is 1. The Kier molecular flexibility index (Phi) is 5.88. The van der Waals surface area contributed by atoms with Gasteiger partial charge in [-0.1, -0.05) is 12.1 Å². The molecule has 0 atom stereocenters. The maximum absolute atomic E-state index is 11.9. The van der Waals surface area contributed by atoms with E-state index in [1.54, 1.807) is 18.3 Å². The van der Waals surface area contributed by atoms with E-state index in [2.05, 4.69) is 10.3 Å². The molecular formula is C18H20N2O3. The second-order valence-electron chi connectivity index (χ2n) is 5.25. The molecule has 1 aromatic carbocycles. The van der Waals surface area contributed by atoms with Crippen LogP contribution in [0.25, 0.3) is 6.08 Å². The topological polar surface area (TPSA) is 71.5 Å². The van der Waals surface area contributed by atoms with Crippen LogP contribution in [0.4, 0.5) is 5.69 Å². The summed E-state index contributed by atoms with van der Waals surface area (Å²) in [6.07, 6.45) is 6.35. The lowest BCUT2D eigenvalue weighted by Crippen LogP contribution is -2.10. The van der Waals surface area contributed by atoms with Crippen LogP contribution in [0.3, 0.4) is 0 Å². The van der Waals surface area contributed by atoms with E-state index in [9.17, 15) is 9.90 Å². The van der Waals surface area contributed by atoms with Crippen molar-refractivity contribution in [1.82, 2.24) is 4.98 Å². The smallest absolute Gasteiger partial charge is 0.248 e. The summed E-state index contributed by atoms with van der Waals surface area (Å²) in [5.74, 6) is 0.514. The lowest BCUT2D eigenvalue weighted by Gasteiger charge is -2.09. The molecule has 2 rings (SSSR count). The van der Waals surface area contributed by atoms with E-state index in [0.29, 0.717) is 11.3 Å². The molecule has 0 bridgehead atoms. The molecule has 2 aromatic rings. The van der Waals surface area contributed by atoms with Gasteiger partial charge in [-0.25, -0.2) is 0 Å². The molecule has 0 spiro atoms. The van der Waals surface area contributed by atoms with E-state index in [1.807, 2.05) is 38.1 Å². The first-order valence-electron chi connectivity index (χ1n) is 7.38. The summed E-state index contributed by atoms with van der Waals surface area (Å²) in [5.41, 5.74) is 2.02. The van der Waals surface area contributed by atoms with Crippen molar-refractivity contribution < 1.29 is 14.6 Å². The number of amides is 1. The van der Waals surface area contributed by atoms with Crippen LogP contribution in [0.5, 0.6) is 5.75 Å². The summed E-state index contributed by atoms with van der Waals surface area (Å²) in [7, 11) is 0. The lowest BCUT2D eigenvalue weighted by molar-refractivity contribution is -0.111. The predicted octanol–water partition coefficient (Wildman–Crippen LogP) is 3.01. The van der Waals surface area contributed by atoms with Gasteiger partial charge < -0.3 is 15.2 Å². The number of carbonyl (C=O) groups is 1. The average molecular weight is 312 g/mol. The number of ether oxygens (including phenoxy) is 1. The Hall–Kier alpha value is -2.66. The third-order valence-corrected chi connectivity index (χ3v) is 3.02. The predicted molar refractivity (Wildman–Crippen MR) is 90.0 cm³/mol. The van der Waals surface area contributed by atoms with Gasteiger partial charge in [-0.15, -0.1) is 0 Å². The Balaban J connectivity index is 1.98. The summed E-state index contributed by atoms with van der Waals surface area (Å²) >= 11 is 0. The number of aromatic nitrogens is 1. The van der Waals surface area contributed by atoms with Gasteiger partial charge in [0.2, 0.25) is 5.91 Å². The number of carbonyl (C=O) groups excluding carboxylic acids is 1. The molecule has 1 amide bonds. The number of hydrogen-bond acceptors (Lipinski definition) is 4. The number of pyridine rings is 1. The summed E-state index contributed by atoms with van der Waals surface area (Å²) in [6, 6.07) is 9.15. The molecule has 2 N–H and O–H groups in total. The van der Waals surface area contributed by atoms with Crippen LogP contribution < -0.4 is 10.1 Å². The van der Waals surface area contributed by atoms with E-state index in [1.165, 1.54) is 12.3 Å². The van der Waals surface area contributed by atoms with E-state index in [4.69, 9.17) is 4.74 Å². The fourth-order valence-electron chi connectivity index (χ4n) is 1.95. The van der Waals surface area contributed by atoms with Gasteiger partial charge in [-0.2, -0.15) is 0 Å².